The second-order valence-corrected chi connectivity index (χ2v) is 1.05. The van der Waals surface area contributed by atoms with E-state index in [-0.39, 0.29) is 0 Å². The van der Waals surface area contributed by atoms with Crippen molar-refractivity contribution < 1.29 is 4.42 Å². The Bertz CT molecular complexity index is 114. The Morgan fingerprint density at radius 2 is 2.67 bits per heavy atom. The van der Waals surface area contributed by atoms with Crippen LogP contribution in [0.3, 0.4) is 0 Å². The van der Waals surface area contributed by atoms with Crippen LogP contribution in [0.15, 0.2) is 16.9 Å². The average molecular weight is 75.0 g/mol. The predicted molar refractivity (Wildman–Crippen MR) is 21.9 cm³/mol. The quantitative estimate of drug-likeness (QED) is 0.387. The molecule has 0 atom stereocenters. The molecular weight excluding hydrogens is 73.0 g/mol. The molecule has 0 fully saturated rings. The zero-order valence-electron chi connectivity index (χ0n) is 3.51. The van der Waals surface area contributed by atoms with Crippen LogP contribution in [-0.2, 0) is 0 Å². The van der Waals surface area contributed by atoms with Crippen molar-refractivity contribution in [3.63, 3.8) is 0 Å². The molecule has 1 aromatic rings. The van der Waals surface area contributed by atoms with Crippen LogP contribution < -0.4 is 4.56 Å². The van der Waals surface area contributed by atoms with Gasteiger partial charge in [-0.1, -0.05) is 0 Å². The molecule has 0 aliphatic heterocycles. The van der Waals surface area contributed by atoms with E-state index in [0.717, 1.165) is 4.56 Å². The first-order valence-corrected chi connectivity index (χ1v) is 1.75. The number of rotatable bonds is 0. The molecule has 0 bridgehead atoms. The number of aromatic nitrogens is 1. The molecule has 0 aliphatic rings. The summed E-state index contributed by atoms with van der Waals surface area (Å²) in [5.41, 5.74) is 0. The molecule has 0 radical (unpaired) electrons. The van der Waals surface area contributed by atoms with Crippen LogP contribution in [0, 0.1) is 0 Å². The number of nitrogens with zero attached hydrogens (tertiary/aromatic N) is 1. The Balaban J connectivity index is 3.05. The zero-order chi connectivity index (χ0) is 4.41. The molecule has 1 heterocycles. The van der Waals surface area contributed by atoms with Crippen molar-refractivity contribution in [1.29, 1.82) is 0 Å². The Labute approximate surface area is 44.8 Å². The van der Waals surface area contributed by atoms with Crippen LogP contribution >= 0.6 is 0 Å². The van der Waals surface area contributed by atoms with Crippen molar-refractivity contribution in [2.24, 2.45) is 0 Å². The summed E-state index contributed by atoms with van der Waals surface area (Å²) in [7, 11) is 0. The van der Waals surface area contributed by atoms with Gasteiger partial charge >= 0.3 is 44.1 Å². The number of oxazole rings is 1. The van der Waals surface area contributed by atoms with Gasteiger partial charge in [-0.25, -0.2) is 0 Å². The van der Waals surface area contributed by atoms with E-state index in [1.807, 2.05) is 0 Å². The molecule has 0 saturated heterocycles. The molecule has 1 aromatic heterocycles. The molecule has 0 N–H and O–H groups in total. The molecule has 6 heavy (non-hydrogen) atoms. The molecule has 2 nitrogen and oxygen atoms in total. The summed E-state index contributed by atoms with van der Waals surface area (Å²) < 4.78 is 5.44. The van der Waals surface area contributed by atoms with Gasteiger partial charge in [-0.3, -0.25) is 0 Å². The summed E-state index contributed by atoms with van der Waals surface area (Å²) in [5, 5.41) is 0. The third-order valence-electron chi connectivity index (χ3n) is 0.556. The summed E-state index contributed by atoms with van der Waals surface area (Å²) >= 11 is 1.81. The van der Waals surface area contributed by atoms with Crippen molar-refractivity contribution in [2.45, 2.75) is 0 Å². The Morgan fingerprint density at radius 3 is 2.83 bits per heavy atom. The van der Waals surface area contributed by atoms with Crippen molar-refractivity contribution >= 4 is 22.3 Å². The summed E-state index contributed by atoms with van der Waals surface area (Å²) in [6, 6.07) is 0. The Hall–Kier alpha value is -0.193. The first-order valence-electron chi connectivity index (χ1n) is 1.75. The maximum atomic E-state index is 4.72. The van der Waals surface area contributed by atoms with Gasteiger partial charge < -0.3 is 0 Å². The van der Waals surface area contributed by atoms with Gasteiger partial charge in [0, 0.05) is 0 Å². The minimum atomic E-state index is 0.718. The van der Waals surface area contributed by atoms with Crippen molar-refractivity contribution in [1.82, 2.24) is 4.98 Å². The van der Waals surface area contributed by atoms with Gasteiger partial charge in [-0.15, -0.1) is 0 Å². The van der Waals surface area contributed by atoms with Crippen LogP contribution in [-0.4, -0.2) is 22.7 Å². The third kappa shape index (κ3) is 0.648. The number of hydrogen-bond donors (Lipinski definition) is 0. The molecule has 3 heteroatoms. The predicted octanol–water partition coefficient (Wildman–Crippen LogP) is -0.532. The van der Waals surface area contributed by atoms with E-state index >= 15 is 0 Å². The van der Waals surface area contributed by atoms with E-state index in [1.54, 1.807) is 30.2 Å². The summed E-state index contributed by atoms with van der Waals surface area (Å²) in [4.78, 5) is 3.75. The van der Waals surface area contributed by atoms with Crippen LogP contribution in [0.5, 0.6) is 0 Å². The van der Waals surface area contributed by atoms with Gasteiger partial charge in [0.15, 0.2) is 0 Å². The van der Waals surface area contributed by atoms with Gasteiger partial charge in [-0.05, 0) is 0 Å². The van der Waals surface area contributed by atoms with E-state index in [2.05, 4.69) is 4.98 Å². The molecule has 0 saturated carbocycles. The molecule has 0 aliphatic carbocycles. The van der Waals surface area contributed by atoms with E-state index in [1.165, 1.54) is 0 Å². The summed E-state index contributed by atoms with van der Waals surface area (Å²) in [6.45, 7) is 0. The van der Waals surface area contributed by atoms with E-state index in [9.17, 15) is 0 Å². The van der Waals surface area contributed by atoms with Crippen molar-refractivity contribution in [2.75, 3.05) is 0 Å². The van der Waals surface area contributed by atoms with E-state index in [4.69, 9.17) is 4.42 Å². The monoisotopic (exact) mass is 75.0 g/mol. The molecule has 0 unspecified atom stereocenters. The van der Waals surface area contributed by atoms with Crippen LogP contribution in [0.1, 0.15) is 0 Å². The first-order chi connectivity index (χ1) is 2.89. The Kier molecular flexibility index (Phi) is 0.997. The Morgan fingerprint density at radius 1 is 1.83 bits per heavy atom. The molecule has 26 valence electrons. The van der Waals surface area contributed by atoms with Crippen LogP contribution in [0.4, 0.5) is 0 Å². The second kappa shape index (κ2) is 1.50. The summed E-state index contributed by atoms with van der Waals surface area (Å²) in [5.74, 6) is 0. The van der Waals surface area contributed by atoms with Gasteiger partial charge in [0.1, 0.15) is 0 Å². The second-order valence-electron chi connectivity index (χ2n) is 1.05. The van der Waals surface area contributed by atoms with Gasteiger partial charge in [-0.2, -0.15) is 0 Å². The topological polar surface area (TPSA) is 26.0 Å². The SMILES string of the molecule is [Li][c]1ncco1. The van der Waals surface area contributed by atoms with Gasteiger partial charge in [0.2, 0.25) is 0 Å². The zero-order valence-corrected chi connectivity index (χ0v) is 3.51. The fourth-order valence-corrected chi connectivity index (χ4v) is 0.295. The average Bonchev–Trinajstić information content (AvgIpc) is 1.86. The molecule has 1 rings (SSSR count). The van der Waals surface area contributed by atoms with Gasteiger partial charge in [0.25, 0.3) is 0 Å². The molecular formula is C3H2LiNO. The minimum absolute atomic E-state index is 0.718. The normalized spacial score (nSPS) is 9.00. The fourth-order valence-electron chi connectivity index (χ4n) is 0.295. The molecule has 0 spiro atoms. The van der Waals surface area contributed by atoms with Crippen molar-refractivity contribution in [3.05, 3.63) is 12.5 Å². The maximum absolute atomic E-state index is 4.72. The first kappa shape index (κ1) is 3.98. The van der Waals surface area contributed by atoms with Gasteiger partial charge in [0.05, 0.1) is 0 Å². The van der Waals surface area contributed by atoms with Crippen LogP contribution in [0.25, 0.3) is 0 Å². The standard InChI is InChI=1S/C3H2NO.Li/c1-2-5-3-4-1;/h1-2H;. The molecule has 0 amide bonds. The number of hydrogen-bond acceptors (Lipinski definition) is 2. The third-order valence-corrected chi connectivity index (χ3v) is 0.556. The van der Waals surface area contributed by atoms with E-state index in [0.29, 0.717) is 0 Å². The van der Waals surface area contributed by atoms with E-state index < -0.39 is 0 Å². The van der Waals surface area contributed by atoms with Crippen LogP contribution in [0.2, 0.25) is 0 Å². The summed E-state index contributed by atoms with van der Waals surface area (Å²) in [6.07, 6.45) is 3.17. The fraction of sp³-hybridized carbons (Fsp3) is 0. The van der Waals surface area contributed by atoms with Crippen molar-refractivity contribution in [3.8, 4) is 0 Å². The molecule has 0 aromatic carbocycles.